The fourth-order valence-electron chi connectivity index (χ4n) is 13.3. The van der Waals surface area contributed by atoms with Crippen molar-refractivity contribution in [3.8, 4) is 0 Å². The van der Waals surface area contributed by atoms with E-state index in [-0.39, 0.29) is 25.7 Å². The van der Waals surface area contributed by atoms with Gasteiger partial charge in [0.1, 0.15) is 19.3 Å². The van der Waals surface area contributed by atoms with Crippen molar-refractivity contribution in [2.75, 3.05) is 39.6 Å². The molecule has 0 aliphatic heterocycles. The molecule has 0 fully saturated rings. The Morgan fingerprint density at radius 1 is 0.276 bits per heavy atom. The van der Waals surface area contributed by atoms with Crippen LogP contribution in [0.3, 0.4) is 0 Å². The monoisotopic (exact) mass is 1540 g/mol. The van der Waals surface area contributed by atoms with E-state index >= 15 is 0 Å². The summed E-state index contributed by atoms with van der Waals surface area (Å²) in [5.41, 5.74) is 0. The number of aliphatic hydroxyl groups is 1. The van der Waals surface area contributed by atoms with Crippen LogP contribution in [-0.4, -0.2) is 96.7 Å². The molecule has 0 aromatic rings. The molecule has 3 unspecified atom stereocenters. The molecule has 0 heterocycles. The maximum atomic E-state index is 13.1. The highest BCUT2D eigenvalue weighted by Crippen LogP contribution is 2.45. The molecule has 17 nitrogen and oxygen atoms in total. The Morgan fingerprint density at radius 2 is 0.486 bits per heavy atom. The maximum Gasteiger partial charge on any atom is 0.472 e. The summed E-state index contributed by atoms with van der Waals surface area (Å²) < 4.78 is 68.9. The number of rotatable bonds is 84. The molecule has 0 rings (SSSR count). The van der Waals surface area contributed by atoms with Crippen molar-refractivity contribution in [3.05, 3.63) is 0 Å². The van der Waals surface area contributed by atoms with Gasteiger partial charge in [0.15, 0.2) is 12.2 Å². The number of hydrogen-bond acceptors (Lipinski definition) is 15. The third kappa shape index (κ3) is 78.5. The number of hydrogen-bond donors (Lipinski definition) is 3. The molecule has 0 saturated carbocycles. The third-order valence-corrected chi connectivity index (χ3v) is 22.4. The molecule has 6 atom stereocenters. The second-order valence-electron chi connectivity index (χ2n) is 32.1. The highest BCUT2D eigenvalue weighted by molar-refractivity contribution is 7.47. The number of carbonyl (C=O) groups is 4. The highest BCUT2D eigenvalue weighted by Gasteiger charge is 2.30. The minimum Gasteiger partial charge on any atom is -0.462 e. The van der Waals surface area contributed by atoms with Crippen molar-refractivity contribution >= 4 is 39.5 Å². The molecule has 19 heteroatoms. The highest BCUT2D eigenvalue weighted by atomic mass is 31.2. The fourth-order valence-corrected chi connectivity index (χ4v) is 14.9. The molecule has 0 amide bonds. The smallest absolute Gasteiger partial charge is 0.462 e. The largest absolute Gasteiger partial charge is 0.472 e. The van der Waals surface area contributed by atoms with Crippen molar-refractivity contribution in [2.24, 2.45) is 17.8 Å². The summed E-state index contributed by atoms with van der Waals surface area (Å²) in [4.78, 5) is 73.3. The molecule has 105 heavy (non-hydrogen) atoms. The quantitative estimate of drug-likeness (QED) is 0.0222. The minimum atomic E-state index is -4.97. The Bertz CT molecular complexity index is 2030. The zero-order chi connectivity index (χ0) is 77.2. The van der Waals surface area contributed by atoms with Gasteiger partial charge in [0.25, 0.3) is 0 Å². The number of aliphatic hydroxyl groups excluding tert-OH is 1. The zero-order valence-corrected chi connectivity index (χ0v) is 71.0. The van der Waals surface area contributed by atoms with Gasteiger partial charge >= 0.3 is 39.5 Å². The molecule has 0 aromatic heterocycles. The van der Waals surface area contributed by atoms with Gasteiger partial charge in [0.2, 0.25) is 0 Å². The van der Waals surface area contributed by atoms with E-state index in [1.54, 1.807) is 0 Å². The van der Waals surface area contributed by atoms with Crippen molar-refractivity contribution in [1.29, 1.82) is 0 Å². The van der Waals surface area contributed by atoms with Gasteiger partial charge < -0.3 is 33.8 Å². The van der Waals surface area contributed by atoms with Crippen LogP contribution in [0.25, 0.3) is 0 Å². The van der Waals surface area contributed by atoms with Gasteiger partial charge in [0.05, 0.1) is 26.4 Å². The van der Waals surface area contributed by atoms with E-state index in [0.717, 1.165) is 108 Å². The maximum absolute atomic E-state index is 13.1. The van der Waals surface area contributed by atoms with Crippen molar-refractivity contribution < 1.29 is 80.2 Å². The summed E-state index contributed by atoms with van der Waals surface area (Å²) in [5.74, 6) is 0.266. The van der Waals surface area contributed by atoms with E-state index in [0.29, 0.717) is 25.7 Å². The number of phosphoric ester groups is 2. The molecule has 3 N–H and O–H groups in total. The molecule has 0 aliphatic rings. The van der Waals surface area contributed by atoms with Crippen LogP contribution in [0.4, 0.5) is 0 Å². The number of unbranched alkanes of at least 4 members (excludes halogenated alkanes) is 51. The van der Waals surface area contributed by atoms with Crippen LogP contribution in [-0.2, 0) is 65.4 Å². The Kier molecular flexibility index (Phi) is 74.7. The average molecular weight is 1540 g/mol. The summed E-state index contributed by atoms with van der Waals surface area (Å²) in [7, 11) is -9.93. The lowest BCUT2D eigenvalue weighted by molar-refractivity contribution is -0.161. The van der Waals surface area contributed by atoms with Gasteiger partial charge in [-0.3, -0.25) is 37.3 Å². The molecule has 0 aromatic carbocycles. The summed E-state index contributed by atoms with van der Waals surface area (Å²) in [6.07, 6.45) is 66.5. The number of carbonyl (C=O) groups excluding carboxylic acids is 4. The Morgan fingerprint density at radius 3 is 0.724 bits per heavy atom. The topological polar surface area (TPSA) is 237 Å². The van der Waals surface area contributed by atoms with Crippen LogP contribution in [0, 0.1) is 17.8 Å². The van der Waals surface area contributed by atoms with E-state index in [4.69, 9.17) is 37.0 Å². The first-order valence-corrected chi connectivity index (χ1v) is 47.4. The summed E-state index contributed by atoms with van der Waals surface area (Å²) in [5, 5.41) is 10.7. The molecule has 0 spiro atoms. The molecule has 624 valence electrons. The summed E-state index contributed by atoms with van der Waals surface area (Å²) in [6, 6.07) is 0. The van der Waals surface area contributed by atoms with Crippen LogP contribution < -0.4 is 0 Å². The van der Waals surface area contributed by atoms with Gasteiger partial charge in [0, 0.05) is 25.7 Å². The van der Waals surface area contributed by atoms with Gasteiger partial charge in [-0.05, 0) is 43.4 Å². The standard InChI is InChI=1S/C86H168O17P2/c1-8-10-11-12-13-14-15-16-17-18-19-20-23-29-34-39-48-55-62-69-85(90)102-81(73-96-83(88)67-60-53-46-38-33-28-24-21-22-26-31-36-43-50-57-64-77(3)4)75-100-104(92,93)98-71-80(87)72-99-105(94,95)101-76-82(74-97-84(89)68-61-54-47-42-41-45-52-59-66-79(7)9-2)103-86(91)70-63-56-49-40-35-30-25-27-32-37-44-51-58-65-78(5)6/h77-82,87H,8-76H2,1-7H3,(H,92,93)(H,94,95)/t79?,80-,81-,82-/m1/s1. The van der Waals surface area contributed by atoms with Crippen molar-refractivity contribution in [2.45, 2.75) is 471 Å². The van der Waals surface area contributed by atoms with E-state index in [9.17, 15) is 43.2 Å². The Labute approximate surface area is 645 Å². The van der Waals surface area contributed by atoms with Crippen LogP contribution in [0.1, 0.15) is 453 Å². The van der Waals surface area contributed by atoms with Crippen LogP contribution in [0.15, 0.2) is 0 Å². The van der Waals surface area contributed by atoms with E-state index in [2.05, 4.69) is 48.5 Å². The predicted molar refractivity (Wildman–Crippen MR) is 432 cm³/mol. The molecular formula is C86H168O17P2. The fraction of sp³-hybridized carbons (Fsp3) is 0.953. The minimum absolute atomic E-state index is 0.107. The lowest BCUT2D eigenvalue weighted by Gasteiger charge is -2.21. The number of ether oxygens (including phenoxy) is 4. The van der Waals surface area contributed by atoms with Crippen LogP contribution >= 0.6 is 15.6 Å². The lowest BCUT2D eigenvalue weighted by Crippen LogP contribution is -2.30. The molecule has 0 radical (unpaired) electrons. The third-order valence-electron chi connectivity index (χ3n) is 20.5. The molecular weight excluding hydrogens is 1370 g/mol. The van der Waals surface area contributed by atoms with E-state index in [1.165, 1.54) is 263 Å². The van der Waals surface area contributed by atoms with Gasteiger partial charge in [-0.25, -0.2) is 9.13 Å². The Balaban J connectivity index is 5.27. The second kappa shape index (κ2) is 76.1. The van der Waals surface area contributed by atoms with Gasteiger partial charge in [-0.2, -0.15) is 0 Å². The van der Waals surface area contributed by atoms with Crippen LogP contribution in [0.2, 0.25) is 0 Å². The van der Waals surface area contributed by atoms with E-state index < -0.39 is 97.5 Å². The van der Waals surface area contributed by atoms with Gasteiger partial charge in [-0.1, -0.05) is 402 Å². The summed E-state index contributed by atoms with van der Waals surface area (Å²) in [6.45, 7) is 12.0. The molecule has 0 saturated heterocycles. The van der Waals surface area contributed by atoms with Crippen LogP contribution in [0.5, 0.6) is 0 Å². The number of esters is 4. The first-order valence-electron chi connectivity index (χ1n) is 44.4. The zero-order valence-electron chi connectivity index (χ0n) is 69.2. The lowest BCUT2D eigenvalue weighted by atomic mass is 9.99. The molecule has 0 bridgehead atoms. The SMILES string of the molecule is CCCCCCCCCCCCCCCCCCCCCC(=O)O[C@H](COC(=O)CCCCCCCCCCCCCCCCCC(C)C)COP(=O)(O)OC[C@@H](O)COP(=O)(O)OC[C@@H](COC(=O)CCCCCCCCCCC(C)CC)OC(=O)CCCCCCCCCCCCCCCC(C)C. The normalized spacial score (nSPS) is 14.1. The van der Waals surface area contributed by atoms with Crippen molar-refractivity contribution in [1.82, 2.24) is 0 Å². The van der Waals surface area contributed by atoms with Gasteiger partial charge in [-0.15, -0.1) is 0 Å². The predicted octanol–water partition coefficient (Wildman–Crippen LogP) is 26.1. The van der Waals surface area contributed by atoms with E-state index in [1.807, 2.05) is 0 Å². The Hall–Kier alpha value is -1.94. The summed E-state index contributed by atoms with van der Waals surface area (Å²) >= 11 is 0. The first-order chi connectivity index (χ1) is 50.8. The second-order valence-corrected chi connectivity index (χ2v) is 35.0. The first kappa shape index (κ1) is 103. The average Bonchev–Trinajstić information content (AvgIpc) is 0.909. The molecule has 0 aliphatic carbocycles. The van der Waals surface area contributed by atoms with Crippen molar-refractivity contribution in [3.63, 3.8) is 0 Å². The number of phosphoric acid groups is 2.